The number of nitrogens with zero attached hydrogens (tertiary/aromatic N) is 1. The Morgan fingerprint density at radius 2 is 2.00 bits per heavy atom. The van der Waals surface area contributed by atoms with Gasteiger partial charge in [0, 0.05) is 19.0 Å². The van der Waals surface area contributed by atoms with Crippen LogP contribution in [-0.4, -0.2) is 36.5 Å². The zero-order chi connectivity index (χ0) is 16.3. The molecule has 0 saturated carbocycles. The van der Waals surface area contributed by atoms with E-state index in [4.69, 9.17) is 0 Å². The van der Waals surface area contributed by atoms with Gasteiger partial charge >= 0.3 is 0 Å². The number of benzene rings is 1. The summed E-state index contributed by atoms with van der Waals surface area (Å²) in [7, 11) is 0. The minimum Gasteiger partial charge on any atom is -0.339 e. The van der Waals surface area contributed by atoms with Crippen molar-refractivity contribution in [2.24, 2.45) is 5.41 Å². The molecule has 4 heteroatoms. The Morgan fingerprint density at radius 1 is 1.30 bits per heavy atom. The second-order valence-corrected chi connectivity index (χ2v) is 7.30. The van der Waals surface area contributed by atoms with E-state index in [1.165, 1.54) is 25.0 Å². The molecule has 3 nitrogen and oxygen atoms in total. The van der Waals surface area contributed by atoms with Gasteiger partial charge in [-0.05, 0) is 75.2 Å². The molecule has 1 N–H and O–H groups in total. The highest BCUT2D eigenvalue weighted by atomic mass is 19.1. The molecule has 1 amide bonds. The molecule has 2 fully saturated rings. The molecule has 2 aliphatic heterocycles. The summed E-state index contributed by atoms with van der Waals surface area (Å²) in [5, 5.41) is 3.42. The summed E-state index contributed by atoms with van der Waals surface area (Å²) in [5.41, 5.74) is 1.46. The Labute approximate surface area is 138 Å². The van der Waals surface area contributed by atoms with Crippen LogP contribution in [0.25, 0.3) is 0 Å². The van der Waals surface area contributed by atoms with Gasteiger partial charge in [-0.2, -0.15) is 0 Å². The zero-order valence-electron chi connectivity index (χ0n) is 14.0. The Hall–Kier alpha value is -1.42. The van der Waals surface area contributed by atoms with Gasteiger partial charge in [0.05, 0.1) is 0 Å². The number of carbonyl (C=O) groups excluding carboxylic acids is 1. The zero-order valence-corrected chi connectivity index (χ0v) is 14.0. The molecule has 2 aliphatic rings. The van der Waals surface area contributed by atoms with Gasteiger partial charge < -0.3 is 10.2 Å². The number of piperidine rings is 1. The number of rotatable bonds is 4. The van der Waals surface area contributed by atoms with E-state index in [1.54, 1.807) is 0 Å². The maximum atomic E-state index is 12.9. The van der Waals surface area contributed by atoms with E-state index in [2.05, 4.69) is 17.1 Å². The van der Waals surface area contributed by atoms with E-state index in [0.29, 0.717) is 17.9 Å². The van der Waals surface area contributed by atoms with Gasteiger partial charge in [0.2, 0.25) is 5.91 Å². The van der Waals surface area contributed by atoms with Crippen molar-refractivity contribution < 1.29 is 9.18 Å². The van der Waals surface area contributed by atoms with Crippen LogP contribution in [0.3, 0.4) is 0 Å². The molecule has 1 unspecified atom stereocenters. The first-order chi connectivity index (χ1) is 11.1. The molecular weight excluding hydrogens is 291 g/mol. The highest BCUT2D eigenvalue weighted by Crippen LogP contribution is 2.42. The third kappa shape index (κ3) is 3.92. The normalized spacial score (nSPS) is 23.4. The maximum Gasteiger partial charge on any atom is 0.222 e. The van der Waals surface area contributed by atoms with Crippen LogP contribution in [0.15, 0.2) is 24.3 Å². The number of amides is 1. The summed E-state index contributed by atoms with van der Waals surface area (Å²) in [4.78, 5) is 14.7. The fourth-order valence-electron chi connectivity index (χ4n) is 4.21. The average molecular weight is 318 g/mol. The summed E-state index contributed by atoms with van der Waals surface area (Å²) in [6, 6.07) is 6.96. The molecule has 0 radical (unpaired) electrons. The fourth-order valence-corrected chi connectivity index (χ4v) is 4.21. The first-order valence-electron chi connectivity index (χ1n) is 8.83. The highest BCUT2D eigenvalue weighted by molar-refractivity contribution is 5.77. The molecule has 1 atom stereocenters. The van der Waals surface area contributed by atoms with Crippen molar-refractivity contribution >= 4 is 5.91 Å². The van der Waals surface area contributed by atoms with Crippen LogP contribution in [0.4, 0.5) is 4.39 Å². The minimum absolute atomic E-state index is 0.206. The van der Waals surface area contributed by atoms with E-state index < -0.39 is 0 Å². The molecule has 1 spiro atoms. The lowest BCUT2D eigenvalue weighted by Crippen LogP contribution is -2.40. The van der Waals surface area contributed by atoms with E-state index in [-0.39, 0.29) is 11.7 Å². The molecule has 126 valence electrons. The Kier molecular flexibility index (Phi) is 5.00. The molecule has 2 saturated heterocycles. The summed E-state index contributed by atoms with van der Waals surface area (Å²) >= 11 is 0. The standard InChI is InChI=1S/C19H27FN2O/c1-15-13-19(9-11-21-12-10-19)14-22(15)18(23)4-2-3-16-5-7-17(20)8-6-16/h5-8,15,21H,2-4,9-14H2,1H3. The third-order valence-corrected chi connectivity index (χ3v) is 5.52. The number of carbonyl (C=O) groups is 1. The molecule has 0 aromatic heterocycles. The van der Waals surface area contributed by atoms with Crippen LogP contribution < -0.4 is 5.32 Å². The SMILES string of the molecule is CC1CC2(CCNCC2)CN1C(=O)CCCc1ccc(F)cc1. The van der Waals surface area contributed by atoms with Gasteiger partial charge in [-0.15, -0.1) is 0 Å². The Bertz CT molecular complexity index is 537. The number of halogens is 1. The van der Waals surface area contributed by atoms with Crippen molar-refractivity contribution in [2.75, 3.05) is 19.6 Å². The van der Waals surface area contributed by atoms with Gasteiger partial charge in [-0.3, -0.25) is 4.79 Å². The van der Waals surface area contributed by atoms with Gasteiger partial charge in [-0.25, -0.2) is 4.39 Å². The topological polar surface area (TPSA) is 32.3 Å². The lowest BCUT2D eigenvalue weighted by molar-refractivity contribution is -0.132. The quantitative estimate of drug-likeness (QED) is 0.925. The van der Waals surface area contributed by atoms with Crippen LogP contribution in [0, 0.1) is 11.2 Å². The molecule has 0 bridgehead atoms. The first-order valence-corrected chi connectivity index (χ1v) is 8.83. The smallest absolute Gasteiger partial charge is 0.222 e. The number of hydrogen-bond donors (Lipinski definition) is 1. The fraction of sp³-hybridized carbons (Fsp3) is 0.632. The Balaban J connectivity index is 1.49. The largest absolute Gasteiger partial charge is 0.339 e. The van der Waals surface area contributed by atoms with Gasteiger partial charge in [0.15, 0.2) is 0 Å². The van der Waals surface area contributed by atoms with E-state index in [0.717, 1.165) is 44.5 Å². The molecule has 3 rings (SSSR count). The molecular formula is C19H27FN2O. The predicted molar refractivity (Wildman–Crippen MR) is 89.7 cm³/mol. The van der Waals surface area contributed by atoms with Crippen LogP contribution in [-0.2, 0) is 11.2 Å². The van der Waals surface area contributed by atoms with Crippen molar-refractivity contribution in [1.29, 1.82) is 0 Å². The van der Waals surface area contributed by atoms with Crippen molar-refractivity contribution in [2.45, 2.75) is 51.5 Å². The maximum absolute atomic E-state index is 12.9. The van der Waals surface area contributed by atoms with Crippen molar-refractivity contribution in [3.05, 3.63) is 35.6 Å². The summed E-state index contributed by atoms with van der Waals surface area (Å²) in [6.45, 7) is 5.29. The highest BCUT2D eigenvalue weighted by Gasteiger charge is 2.43. The van der Waals surface area contributed by atoms with E-state index >= 15 is 0 Å². The van der Waals surface area contributed by atoms with Crippen LogP contribution in [0.2, 0.25) is 0 Å². The van der Waals surface area contributed by atoms with Crippen LogP contribution in [0.1, 0.15) is 44.6 Å². The number of nitrogens with one attached hydrogen (secondary N) is 1. The van der Waals surface area contributed by atoms with Crippen molar-refractivity contribution in [1.82, 2.24) is 10.2 Å². The molecule has 2 heterocycles. The Morgan fingerprint density at radius 3 is 2.70 bits per heavy atom. The number of likely N-dealkylation sites (tertiary alicyclic amines) is 1. The first kappa shape index (κ1) is 16.4. The van der Waals surface area contributed by atoms with Crippen molar-refractivity contribution in [3.8, 4) is 0 Å². The van der Waals surface area contributed by atoms with Crippen LogP contribution >= 0.6 is 0 Å². The lowest BCUT2D eigenvalue weighted by atomic mass is 9.77. The number of hydrogen-bond acceptors (Lipinski definition) is 2. The summed E-state index contributed by atoms with van der Waals surface area (Å²) in [5.74, 6) is 0.0815. The van der Waals surface area contributed by atoms with Crippen LogP contribution in [0.5, 0.6) is 0 Å². The minimum atomic E-state index is -0.206. The predicted octanol–water partition coefficient (Wildman–Crippen LogP) is 3.14. The third-order valence-electron chi connectivity index (χ3n) is 5.52. The second kappa shape index (κ2) is 7.00. The monoisotopic (exact) mass is 318 g/mol. The van der Waals surface area contributed by atoms with Gasteiger partial charge in [0.1, 0.15) is 5.82 Å². The molecule has 1 aromatic carbocycles. The van der Waals surface area contributed by atoms with Gasteiger partial charge in [0.25, 0.3) is 0 Å². The summed E-state index contributed by atoms with van der Waals surface area (Å²) in [6.07, 6.45) is 5.80. The second-order valence-electron chi connectivity index (χ2n) is 7.30. The molecule has 23 heavy (non-hydrogen) atoms. The number of aryl methyl sites for hydroxylation is 1. The van der Waals surface area contributed by atoms with Crippen molar-refractivity contribution in [3.63, 3.8) is 0 Å². The van der Waals surface area contributed by atoms with Gasteiger partial charge in [-0.1, -0.05) is 12.1 Å². The molecule has 1 aromatic rings. The van der Waals surface area contributed by atoms with E-state index in [9.17, 15) is 9.18 Å². The molecule has 0 aliphatic carbocycles. The average Bonchev–Trinajstić information content (AvgIpc) is 2.86. The summed E-state index contributed by atoms with van der Waals surface area (Å²) < 4.78 is 12.9. The van der Waals surface area contributed by atoms with E-state index in [1.807, 2.05) is 12.1 Å². The lowest BCUT2D eigenvalue weighted by Gasteiger charge is -2.33.